The molecule has 4 nitrogen and oxygen atoms in total. The number of hydrogen-bond donors (Lipinski definition) is 1. The minimum absolute atomic E-state index is 0.107. The van der Waals surface area contributed by atoms with Crippen molar-refractivity contribution in [3.05, 3.63) is 30.3 Å². The highest BCUT2D eigenvalue weighted by Gasteiger charge is 2.33. The summed E-state index contributed by atoms with van der Waals surface area (Å²) in [6.07, 6.45) is 1.60. The predicted molar refractivity (Wildman–Crippen MR) is 59.2 cm³/mol. The number of carboxylic acid groups (broad SMARTS) is 1. The van der Waals surface area contributed by atoms with Gasteiger partial charge in [-0.1, -0.05) is 18.2 Å². The highest BCUT2D eigenvalue weighted by molar-refractivity contribution is 6.00. The third-order valence-corrected chi connectivity index (χ3v) is 2.77. The first-order chi connectivity index (χ1) is 7.70. The van der Waals surface area contributed by atoms with Gasteiger partial charge in [-0.2, -0.15) is 0 Å². The Morgan fingerprint density at radius 2 is 2.00 bits per heavy atom. The second-order valence-corrected chi connectivity index (χ2v) is 3.85. The van der Waals surface area contributed by atoms with Gasteiger partial charge in [0, 0.05) is 12.1 Å². The van der Waals surface area contributed by atoms with Crippen molar-refractivity contribution in [1.29, 1.82) is 0 Å². The van der Waals surface area contributed by atoms with Gasteiger partial charge in [-0.05, 0) is 25.0 Å². The summed E-state index contributed by atoms with van der Waals surface area (Å²) in [5.41, 5.74) is 0.666. The van der Waals surface area contributed by atoms with Gasteiger partial charge in [0.25, 0.3) is 0 Å². The number of para-hydroxylation sites is 1. The molecule has 0 saturated carbocycles. The molecule has 4 heteroatoms. The van der Waals surface area contributed by atoms with E-state index in [-0.39, 0.29) is 5.91 Å². The van der Waals surface area contributed by atoms with Gasteiger partial charge in [0.05, 0.1) is 0 Å². The zero-order valence-corrected chi connectivity index (χ0v) is 8.80. The molecule has 1 atom stereocenters. The van der Waals surface area contributed by atoms with E-state index in [1.807, 2.05) is 6.07 Å². The van der Waals surface area contributed by atoms with Crippen LogP contribution in [-0.2, 0) is 9.59 Å². The molecule has 1 aromatic rings. The number of piperidine rings is 1. The summed E-state index contributed by atoms with van der Waals surface area (Å²) < 4.78 is 0. The molecule has 1 aliphatic heterocycles. The molecule has 0 bridgehead atoms. The molecule has 1 aromatic carbocycles. The maximum absolute atomic E-state index is 11.8. The Hall–Kier alpha value is -1.84. The highest BCUT2D eigenvalue weighted by atomic mass is 16.4. The van der Waals surface area contributed by atoms with Crippen LogP contribution in [0.1, 0.15) is 19.3 Å². The van der Waals surface area contributed by atoms with Gasteiger partial charge in [-0.3, -0.25) is 9.69 Å². The Labute approximate surface area is 93.5 Å². The van der Waals surface area contributed by atoms with E-state index >= 15 is 0 Å². The van der Waals surface area contributed by atoms with E-state index in [9.17, 15) is 9.59 Å². The average Bonchev–Trinajstić information content (AvgIpc) is 2.29. The Morgan fingerprint density at radius 1 is 1.31 bits per heavy atom. The monoisotopic (exact) mass is 219 g/mol. The smallest absolute Gasteiger partial charge is 0.326 e. The lowest BCUT2D eigenvalue weighted by Gasteiger charge is -2.32. The first kappa shape index (κ1) is 10.7. The molecule has 1 N–H and O–H groups in total. The van der Waals surface area contributed by atoms with Crippen LogP contribution < -0.4 is 4.90 Å². The molecule has 1 aliphatic rings. The maximum Gasteiger partial charge on any atom is 0.326 e. The van der Waals surface area contributed by atoms with Crippen molar-refractivity contribution in [2.75, 3.05) is 4.90 Å². The molecular formula is C12H13NO3. The molecular weight excluding hydrogens is 206 g/mol. The molecule has 1 saturated heterocycles. The molecule has 0 spiro atoms. The quantitative estimate of drug-likeness (QED) is 0.822. The third-order valence-electron chi connectivity index (χ3n) is 2.77. The minimum Gasteiger partial charge on any atom is -0.480 e. The predicted octanol–water partition coefficient (Wildman–Crippen LogP) is 1.66. The van der Waals surface area contributed by atoms with E-state index in [4.69, 9.17) is 5.11 Å². The zero-order valence-electron chi connectivity index (χ0n) is 8.80. The first-order valence-electron chi connectivity index (χ1n) is 5.30. The van der Waals surface area contributed by atoms with Gasteiger partial charge >= 0.3 is 5.97 Å². The Kier molecular flexibility index (Phi) is 2.90. The second-order valence-electron chi connectivity index (χ2n) is 3.85. The third kappa shape index (κ3) is 1.91. The van der Waals surface area contributed by atoms with E-state index in [1.165, 1.54) is 4.90 Å². The van der Waals surface area contributed by atoms with Crippen LogP contribution in [0.2, 0.25) is 0 Å². The summed E-state index contributed by atoms with van der Waals surface area (Å²) in [6.45, 7) is 0. The molecule has 1 amide bonds. The summed E-state index contributed by atoms with van der Waals surface area (Å²) in [6, 6.07) is 8.25. The summed E-state index contributed by atoms with van der Waals surface area (Å²) in [4.78, 5) is 24.3. The van der Waals surface area contributed by atoms with Crippen molar-refractivity contribution in [3.8, 4) is 0 Å². The van der Waals surface area contributed by atoms with Crippen LogP contribution in [0, 0.1) is 0 Å². The summed E-state index contributed by atoms with van der Waals surface area (Å²) in [5, 5.41) is 9.09. The number of hydrogen-bond acceptors (Lipinski definition) is 2. The van der Waals surface area contributed by atoms with Crippen molar-refractivity contribution in [3.63, 3.8) is 0 Å². The fourth-order valence-electron chi connectivity index (χ4n) is 2.02. The lowest BCUT2D eigenvalue weighted by Crippen LogP contribution is -2.48. The van der Waals surface area contributed by atoms with Gasteiger partial charge in [-0.25, -0.2) is 4.79 Å². The molecule has 2 rings (SSSR count). The normalized spacial score (nSPS) is 20.9. The van der Waals surface area contributed by atoms with E-state index in [1.54, 1.807) is 24.3 Å². The van der Waals surface area contributed by atoms with Crippen molar-refractivity contribution >= 4 is 17.6 Å². The molecule has 16 heavy (non-hydrogen) atoms. The summed E-state index contributed by atoms with van der Waals surface area (Å²) >= 11 is 0. The van der Waals surface area contributed by atoms with Gasteiger partial charge in [0.2, 0.25) is 5.91 Å². The number of amides is 1. The maximum atomic E-state index is 11.8. The van der Waals surface area contributed by atoms with Crippen molar-refractivity contribution < 1.29 is 14.7 Å². The van der Waals surface area contributed by atoms with Crippen LogP contribution >= 0.6 is 0 Å². The topological polar surface area (TPSA) is 57.6 Å². The van der Waals surface area contributed by atoms with Gasteiger partial charge in [0.1, 0.15) is 6.04 Å². The summed E-state index contributed by atoms with van der Waals surface area (Å²) in [7, 11) is 0. The largest absolute Gasteiger partial charge is 0.480 e. The fourth-order valence-corrected chi connectivity index (χ4v) is 2.02. The van der Waals surface area contributed by atoms with Crippen molar-refractivity contribution in [1.82, 2.24) is 0 Å². The molecule has 84 valence electrons. The number of anilines is 1. The first-order valence-corrected chi connectivity index (χ1v) is 5.30. The zero-order chi connectivity index (χ0) is 11.5. The van der Waals surface area contributed by atoms with E-state index in [0.29, 0.717) is 24.9 Å². The molecule has 0 aliphatic carbocycles. The van der Waals surface area contributed by atoms with Crippen LogP contribution in [-0.4, -0.2) is 23.0 Å². The lowest BCUT2D eigenvalue weighted by molar-refractivity contribution is -0.141. The molecule has 1 heterocycles. The summed E-state index contributed by atoms with van der Waals surface area (Å²) in [5.74, 6) is -1.04. The minimum atomic E-state index is -0.933. The van der Waals surface area contributed by atoms with Gasteiger partial charge in [-0.15, -0.1) is 0 Å². The number of carbonyl (C=O) groups excluding carboxylic acids is 1. The second kappa shape index (κ2) is 4.35. The number of carboxylic acids is 1. The van der Waals surface area contributed by atoms with Crippen LogP contribution in [0.5, 0.6) is 0 Å². The van der Waals surface area contributed by atoms with Crippen LogP contribution in [0.15, 0.2) is 30.3 Å². The van der Waals surface area contributed by atoms with E-state index < -0.39 is 12.0 Å². The molecule has 0 aromatic heterocycles. The molecule has 0 radical (unpaired) electrons. The van der Waals surface area contributed by atoms with Crippen LogP contribution in [0.4, 0.5) is 5.69 Å². The Bertz CT molecular complexity index is 402. The Morgan fingerprint density at radius 3 is 2.62 bits per heavy atom. The number of benzene rings is 1. The number of carbonyl (C=O) groups is 2. The van der Waals surface area contributed by atoms with Crippen LogP contribution in [0.3, 0.4) is 0 Å². The van der Waals surface area contributed by atoms with Crippen molar-refractivity contribution in [2.24, 2.45) is 0 Å². The van der Waals surface area contributed by atoms with Gasteiger partial charge in [0.15, 0.2) is 0 Å². The average molecular weight is 219 g/mol. The number of aliphatic carboxylic acids is 1. The number of rotatable bonds is 2. The van der Waals surface area contributed by atoms with E-state index in [0.717, 1.165) is 0 Å². The van der Waals surface area contributed by atoms with Crippen LogP contribution in [0.25, 0.3) is 0 Å². The Balaban J connectivity index is 2.34. The van der Waals surface area contributed by atoms with Gasteiger partial charge < -0.3 is 5.11 Å². The highest BCUT2D eigenvalue weighted by Crippen LogP contribution is 2.25. The SMILES string of the molecule is O=C(O)C1CCCC(=O)N1c1ccccc1. The fraction of sp³-hybridized carbons (Fsp3) is 0.333. The standard InChI is InChI=1S/C12H13NO3/c14-11-8-4-7-10(12(15)16)13(11)9-5-2-1-3-6-9/h1-3,5-6,10H,4,7-8H2,(H,15,16). The van der Waals surface area contributed by atoms with Crippen molar-refractivity contribution in [2.45, 2.75) is 25.3 Å². The molecule has 1 unspecified atom stereocenters. The van der Waals surface area contributed by atoms with E-state index in [2.05, 4.69) is 0 Å². The molecule has 1 fully saturated rings. The lowest BCUT2D eigenvalue weighted by atomic mass is 10.0. The number of nitrogens with zero attached hydrogens (tertiary/aromatic N) is 1.